The third-order valence-corrected chi connectivity index (χ3v) is 1.50. The van der Waals surface area contributed by atoms with E-state index >= 15 is 0 Å². The van der Waals surface area contributed by atoms with Crippen molar-refractivity contribution in [3.8, 4) is 0 Å². The monoisotopic (exact) mass is 210 g/mol. The molecule has 0 saturated carbocycles. The summed E-state index contributed by atoms with van der Waals surface area (Å²) in [6, 6.07) is 1.65. The van der Waals surface area contributed by atoms with E-state index in [0.29, 0.717) is 6.07 Å². The van der Waals surface area contributed by atoms with Crippen LogP contribution >= 0.6 is 0 Å². The van der Waals surface area contributed by atoms with Crippen LogP contribution in [-0.2, 0) is 5.92 Å². The molecule has 0 saturated heterocycles. The van der Waals surface area contributed by atoms with E-state index in [-0.39, 0.29) is 5.56 Å². The maximum atomic E-state index is 12.6. The van der Waals surface area contributed by atoms with E-state index in [2.05, 4.69) is 11.9 Å². The molecule has 1 nitrogen and oxygen atoms in total. The van der Waals surface area contributed by atoms with Crippen molar-refractivity contribution in [3.63, 3.8) is 0 Å². The van der Waals surface area contributed by atoms with Gasteiger partial charge in [0.2, 0.25) is 0 Å². The Bertz CT molecular complexity index is 313. The molecular formula is C8H5F5N. The highest BCUT2D eigenvalue weighted by Crippen LogP contribution is 2.42. The fraction of sp³-hybridized carbons (Fsp3) is 0.250. The summed E-state index contributed by atoms with van der Waals surface area (Å²) in [4.78, 5) is 2.98. The van der Waals surface area contributed by atoms with Crippen LogP contribution in [0.5, 0.6) is 0 Å². The molecule has 1 rings (SSSR count). The molecular weight excluding hydrogens is 205 g/mol. The first-order valence-corrected chi connectivity index (χ1v) is 3.48. The number of aromatic nitrogens is 1. The first kappa shape index (κ1) is 10.9. The van der Waals surface area contributed by atoms with Gasteiger partial charge in [-0.1, -0.05) is 6.07 Å². The average molecular weight is 210 g/mol. The quantitative estimate of drug-likeness (QED) is 0.649. The van der Waals surface area contributed by atoms with Gasteiger partial charge in [0, 0.05) is 6.20 Å². The maximum absolute atomic E-state index is 12.6. The Balaban J connectivity index is 3.10. The van der Waals surface area contributed by atoms with Crippen molar-refractivity contribution in [2.75, 3.05) is 0 Å². The van der Waals surface area contributed by atoms with Crippen LogP contribution in [0.25, 0.3) is 0 Å². The number of hydrogen-bond acceptors (Lipinski definition) is 1. The Morgan fingerprint density at radius 1 is 1.07 bits per heavy atom. The summed E-state index contributed by atoms with van der Waals surface area (Å²) >= 11 is 0. The zero-order valence-electron chi connectivity index (χ0n) is 6.78. The van der Waals surface area contributed by atoms with E-state index in [1.54, 1.807) is 0 Å². The topological polar surface area (TPSA) is 12.9 Å². The fourth-order valence-electron chi connectivity index (χ4n) is 0.755. The van der Waals surface area contributed by atoms with E-state index in [1.807, 2.05) is 0 Å². The number of pyridine rings is 1. The van der Waals surface area contributed by atoms with Gasteiger partial charge in [-0.05, 0) is 18.6 Å². The minimum absolute atomic E-state index is 0.270. The van der Waals surface area contributed by atoms with E-state index in [0.717, 1.165) is 12.3 Å². The van der Waals surface area contributed by atoms with Crippen LogP contribution in [0.1, 0.15) is 11.3 Å². The molecule has 14 heavy (non-hydrogen) atoms. The summed E-state index contributed by atoms with van der Waals surface area (Å²) < 4.78 is 60.6. The Labute approximate surface area is 76.6 Å². The van der Waals surface area contributed by atoms with Crippen LogP contribution in [0.4, 0.5) is 22.0 Å². The van der Waals surface area contributed by atoms with Crippen LogP contribution < -0.4 is 0 Å². The molecule has 1 aromatic heterocycles. The van der Waals surface area contributed by atoms with Gasteiger partial charge in [0.15, 0.2) is 0 Å². The fourth-order valence-corrected chi connectivity index (χ4v) is 0.755. The lowest BCUT2D eigenvalue weighted by atomic mass is 10.2. The summed E-state index contributed by atoms with van der Waals surface area (Å²) in [6.45, 7) is 3.32. The third-order valence-electron chi connectivity index (χ3n) is 1.50. The molecule has 0 aliphatic carbocycles. The Hall–Kier alpha value is -1.20. The van der Waals surface area contributed by atoms with Gasteiger partial charge < -0.3 is 0 Å². The molecule has 0 unspecified atom stereocenters. The highest BCUT2D eigenvalue weighted by Gasteiger charge is 2.59. The van der Waals surface area contributed by atoms with Crippen molar-refractivity contribution in [3.05, 3.63) is 36.5 Å². The lowest BCUT2D eigenvalue weighted by Crippen LogP contribution is -2.34. The standard InChI is InChI=1S/C8H5F5N/c1-5-2-3-6(14-4-5)7(9,10)8(11,12)13/h2-4H,1H2. The molecule has 0 N–H and O–H groups in total. The molecule has 77 valence electrons. The molecule has 0 amide bonds. The molecule has 0 aromatic carbocycles. The second kappa shape index (κ2) is 3.18. The normalized spacial score (nSPS) is 13.0. The highest BCUT2D eigenvalue weighted by molar-refractivity contribution is 5.20. The predicted octanol–water partition coefficient (Wildman–Crippen LogP) is 2.92. The van der Waals surface area contributed by atoms with Gasteiger partial charge in [-0.2, -0.15) is 22.0 Å². The molecule has 0 atom stereocenters. The SMILES string of the molecule is [CH2]c1ccc(C(F)(F)C(F)(F)F)nc1. The van der Waals surface area contributed by atoms with Crippen molar-refractivity contribution in [2.24, 2.45) is 0 Å². The Morgan fingerprint density at radius 2 is 1.64 bits per heavy atom. The van der Waals surface area contributed by atoms with Gasteiger partial charge in [-0.3, -0.25) is 4.98 Å². The van der Waals surface area contributed by atoms with Gasteiger partial charge in [0.05, 0.1) is 0 Å². The minimum Gasteiger partial charge on any atom is -0.254 e. The van der Waals surface area contributed by atoms with Crippen molar-refractivity contribution in [2.45, 2.75) is 12.1 Å². The number of rotatable bonds is 1. The van der Waals surface area contributed by atoms with Crippen molar-refractivity contribution >= 4 is 0 Å². The molecule has 1 radical (unpaired) electrons. The average Bonchev–Trinajstić information content (AvgIpc) is 2.03. The first-order chi connectivity index (χ1) is 6.25. The second-order valence-electron chi connectivity index (χ2n) is 2.62. The van der Waals surface area contributed by atoms with Crippen molar-refractivity contribution < 1.29 is 22.0 Å². The minimum atomic E-state index is -5.62. The Morgan fingerprint density at radius 3 is 2.00 bits per heavy atom. The van der Waals surface area contributed by atoms with E-state index in [1.165, 1.54) is 0 Å². The predicted molar refractivity (Wildman–Crippen MR) is 38.6 cm³/mol. The lowest BCUT2D eigenvalue weighted by molar-refractivity contribution is -0.290. The van der Waals surface area contributed by atoms with Gasteiger partial charge in [0.25, 0.3) is 0 Å². The summed E-state index contributed by atoms with van der Waals surface area (Å²) in [5, 5.41) is 0. The summed E-state index contributed by atoms with van der Waals surface area (Å²) in [5.74, 6) is -4.92. The largest absolute Gasteiger partial charge is 0.459 e. The van der Waals surface area contributed by atoms with Gasteiger partial charge in [0.1, 0.15) is 5.69 Å². The Kier molecular flexibility index (Phi) is 2.47. The van der Waals surface area contributed by atoms with E-state index in [4.69, 9.17) is 0 Å². The van der Waals surface area contributed by atoms with Gasteiger partial charge in [-0.25, -0.2) is 0 Å². The van der Waals surface area contributed by atoms with Crippen LogP contribution in [0.2, 0.25) is 0 Å². The van der Waals surface area contributed by atoms with Crippen LogP contribution in [0, 0.1) is 6.92 Å². The van der Waals surface area contributed by atoms with Gasteiger partial charge in [-0.15, -0.1) is 0 Å². The van der Waals surface area contributed by atoms with Crippen LogP contribution in [0.15, 0.2) is 18.3 Å². The zero-order valence-corrected chi connectivity index (χ0v) is 6.78. The second-order valence-corrected chi connectivity index (χ2v) is 2.62. The maximum Gasteiger partial charge on any atom is 0.459 e. The van der Waals surface area contributed by atoms with Gasteiger partial charge >= 0.3 is 12.1 Å². The molecule has 1 aromatic rings. The molecule has 1 heterocycles. The smallest absolute Gasteiger partial charge is 0.254 e. The highest BCUT2D eigenvalue weighted by atomic mass is 19.4. The molecule has 0 aliphatic heterocycles. The summed E-state index contributed by atoms with van der Waals surface area (Å²) in [6.07, 6.45) is -4.77. The first-order valence-electron chi connectivity index (χ1n) is 3.48. The van der Waals surface area contributed by atoms with Crippen molar-refractivity contribution in [1.82, 2.24) is 4.98 Å². The molecule has 0 spiro atoms. The zero-order chi connectivity index (χ0) is 11.0. The molecule has 0 fully saturated rings. The summed E-state index contributed by atoms with van der Waals surface area (Å²) in [5.41, 5.74) is -1.05. The molecule has 6 heteroatoms. The number of alkyl halides is 5. The lowest BCUT2D eigenvalue weighted by Gasteiger charge is -2.18. The number of hydrogen-bond donors (Lipinski definition) is 0. The third kappa shape index (κ3) is 1.83. The molecule has 0 bridgehead atoms. The number of nitrogens with zero attached hydrogens (tertiary/aromatic N) is 1. The van der Waals surface area contributed by atoms with E-state index in [9.17, 15) is 22.0 Å². The summed E-state index contributed by atoms with van der Waals surface area (Å²) in [7, 11) is 0. The van der Waals surface area contributed by atoms with E-state index < -0.39 is 17.8 Å². The van der Waals surface area contributed by atoms with Crippen LogP contribution in [-0.4, -0.2) is 11.2 Å². The molecule has 0 aliphatic rings. The van der Waals surface area contributed by atoms with Crippen molar-refractivity contribution in [1.29, 1.82) is 0 Å². The van der Waals surface area contributed by atoms with Crippen LogP contribution in [0.3, 0.4) is 0 Å². The number of halogens is 5.